The average molecular weight is 291 g/mol. The molecule has 0 spiro atoms. The Morgan fingerprint density at radius 2 is 1.76 bits per heavy atom. The second kappa shape index (κ2) is 8.03. The van der Waals surface area contributed by atoms with Crippen molar-refractivity contribution < 1.29 is 15.0 Å². The third-order valence-corrected chi connectivity index (χ3v) is 4.31. The van der Waals surface area contributed by atoms with Gasteiger partial charge in [-0.05, 0) is 50.5 Å². The van der Waals surface area contributed by atoms with E-state index in [-0.39, 0.29) is 12.1 Å². The van der Waals surface area contributed by atoms with Crippen LogP contribution in [0.25, 0.3) is 0 Å². The summed E-state index contributed by atoms with van der Waals surface area (Å²) in [5, 5.41) is 18.9. The Labute approximate surface area is 126 Å². The van der Waals surface area contributed by atoms with E-state index in [2.05, 4.69) is 12.1 Å². The van der Waals surface area contributed by atoms with Crippen LogP contribution in [0.3, 0.4) is 0 Å². The van der Waals surface area contributed by atoms with Gasteiger partial charge in [-0.1, -0.05) is 30.3 Å². The highest BCUT2D eigenvalue weighted by Gasteiger charge is 2.27. The molecule has 21 heavy (non-hydrogen) atoms. The van der Waals surface area contributed by atoms with Crippen LogP contribution in [0.15, 0.2) is 30.3 Å². The predicted octanol–water partition coefficient (Wildman–Crippen LogP) is 3.29. The molecule has 1 fully saturated rings. The molecule has 0 atom stereocenters. The highest BCUT2D eigenvalue weighted by atomic mass is 16.4. The quantitative estimate of drug-likeness (QED) is 0.791. The Morgan fingerprint density at radius 3 is 2.38 bits per heavy atom. The van der Waals surface area contributed by atoms with E-state index >= 15 is 0 Å². The number of hydrogen-bond acceptors (Lipinski definition) is 2. The van der Waals surface area contributed by atoms with Crippen molar-refractivity contribution in [1.82, 2.24) is 4.90 Å². The zero-order valence-corrected chi connectivity index (χ0v) is 12.4. The minimum Gasteiger partial charge on any atom is -0.465 e. The van der Waals surface area contributed by atoms with Gasteiger partial charge in [-0.2, -0.15) is 0 Å². The molecule has 1 aliphatic carbocycles. The number of unbranched alkanes of at least 4 members (excludes halogenated alkanes) is 1. The number of aliphatic hydroxyl groups excluding tert-OH is 1. The highest BCUT2D eigenvalue weighted by molar-refractivity contribution is 5.65. The minimum atomic E-state index is -0.823. The maximum atomic E-state index is 11.4. The van der Waals surface area contributed by atoms with Gasteiger partial charge in [0.25, 0.3) is 0 Å². The monoisotopic (exact) mass is 291 g/mol. The van der Waals surface area contributed by atoms with E-state index in [1.165, 1.54) is 5.56 Å². The number of carbonyl (C=O) groups is 1. The number of nitrogens with zero attached hydrogens (tertiary/aromatic N) is 1. The first-order valence-electron chi connectivity index (χ1n) is 7.88. The summed E-state index contributed by atoms with van der Waals surface area (Å²) < 4.78 is 0. The second-order valence-corrected chi connectivity index (χ2v) is 5.88. The van der Waals surface area contributed by atoms with Gasteiger partial charge in [0, 0.05) is 12.6 Å². The van der Waals surface area contributed by atoms with Crippen molar-refractivity contribution in [3.05, 3.63) is 35.9 Å². The molecule has 2 N–H and O–H groups in total. The van der Waals surface area contributed by atoms with Gasteiger partial charge in [0.1, 0.15) is 0 Å². The fourth-order valence-corrected chi connectivity index (χ4v) is 3.06. The fraction of sp³-hybridized carbons (Fsp3) is 0.588. The van der Waals surface area contributed by atoms with E-state index in [0.29, 0.717) is 6.54 Å². The van der Waals surface area contributed by atoms with Crippen molar-refractivity contribution in [3.63, 3.8) is 0 Å². The first kappa shape index (κ1) is 15.8. The van der Waals surface area contributed by atoms with Gasteiger partial charge in [-0.15, -0.1) is 0 Å². The molecule has 0 radical (unpaired) electrons. The number of amides is 1. The van der Waals surface area contributed by atoms with Crippen molar-refractivity contribution in [3.8, 4) is 0 Å². The topological polar surface area (TPSA) is 60.8 Å². The molecule has 0 aromatic heterocycles. The van der Waals surface area contributed by atoms with Gasteiger partial charge in [-0.3, -0.25) is 0 Å². The van der Waals surface area contributed by atoms with Crippen LogP contribution in [0, 0.1) is 0 Å². The maximum absolute atomic E-state index is 11.4. The molecule has 1 aromatic carbocycles. The molecule has 1 aliphatic rings. The molecule has 0 saturated heterocycles. The largest absolute Gasteiger partial charge is 0.465 e. The van der Waals surface area contributed by atoms with Crippen LogP contribution < -0.4 is 0 Å². The molecule has 1 aromatic rings. The summed E-state index contributed by atoms with van der Waals surface area (Å²) >= 11 is 0. The zero-order chi connectivity index (χ0) is 15.1. The van der Waals surface area contributed by atoms with Gasteiger partial charge in [-0.25, -0.2) is 4.79 Å². The lowest BCUT2D eigenvalue weighted by Crippen LogP contribution is -2.42. The van der Waals surface area contributed by atoms with Crippen LogP contribution in [0.1, 0.15) is 44.1 Å². The van der Waals surface area contributed by atoms with Crippen molar-refractivity contribution in [2.45, 2.75) is 57.1 Å². The first-order valence-corrected chi connectivity index (χ1v) is 7.88. The van der Waals surface area contributed by atoms with E-state index in [1.54, 1.807) is 4.90 Å². The highest BCUT2D eigenvalue weighted by Crippen LogP contribution is 2.23. The summed E-state index contributed by atoms with van der Waals surface area (Å²) in [6, 6.07) is 10.4. The van der Waals surface area contributed by atoms with Gasteiger partial charge in [0.15, 0.2) is 0 Å². The standard InChI is InChI=1S/C17H25NO3/c19-16-11-9-15(10-12-16)18(17(20)21)13-5-4-8-14-6-2-1-3-7-14/h1-3,6-7,15-16,19H,4-5,8-13H2,(H,20,21). The number of hydrogen-bond donors (Lipinski definition) is 2. The lowest BCUT2D eigenvalue weighted by atomic mass is 9.92. The van der Waals surface area contributed by atoms with Crippen molar-refractivity contribution in [2.75, 3.05) is 6.54 Å². The molecule has 0 bridgehead atoms. The molecule has 0 heterocycles. The number of aliphatic hydroxyl groups is 1. The summed E-state index contributed by atoms with van der Waals surface area (Å²) in [6.45, 7) is 0.600. The van der Waals surface area contributed by atoms with E-state index in [1.807, 2.05) is 18.2 Å². The van der Waals surface area contributed by atoms with Crippen LogP contribution in [-0.4, -0.2) is 39.9 Å². The smallest absolute Gasteiger partial charge is 0.407 e. The molecular weight excluding hydrogens is 266 g/mol. The summed E-state index contributed by atoms with van der Waals surface area (Å²) in [4.78, 5) is 13.0. The second-order valence-electron chi connectivity index (χ2n) is 5.88. The predicted molar refractivity (Wildman–Crippen MR) is 82.4 cm³/mol. The average Bonchev–Trinajstić information content (AvgIpc) is 2.49. The van der Waals surface area contributed by atoms with Gasteiger partial charge < -0.3 is 15.1 Å². The minimum absolute atomic E-state index is 0.0858. The van der Waals surface area contributed by atoms with Gasteiger partial charge >= 0.3 is 6.09 Å². The van der Waals surface area contributed by atoms with E-state index in [0.717, 1.165) is 44.9 Å². The molecule has 4 heteroatoms. The molecule has 2 rings (SSSR count). The molecular formula is C17H25NO3. The lowest BCUT2D eigenvalue weighted by molar-refractivity contribution is 0.0682. The van der Waals surface area contributed by atoms with Crippen LogP contribution >= 0.6 is 0 Å². The SMILES string of the molecule is O=C(O)N(CCCCc1ccccc1)C1CCC(O)CC1. The van der Waals surface area contributed by atoms with Crippen LogP contribution in [0.4, 0.5) is 4.79 Å². The summed E-state index contributed by atoms with van der Waals surface area (Å²) in [7, 11) is 0. The van der Waals surface area contributed by atoms with Crippen molar-refractivity contribution in [1.29, 1.82) is 0 Å². The third kappa shape index (κ3) is 5.05. The Bertz CT molecular complexity index is 427. The fourth-order valence-electron chi connectivity index (χ4n) is 3.06. The molecule has 0 aliphatic heterocycles. The Kier molecular flexibility index (Phi) is 6.05. The number of benzene rings is 1. The first-order chi connectivity index (χ1) is 10.2. The van der Waals surface area contributed by atoms with Crippen LogP contribution in [0.5, 0.6) is 0 Å². The summed E-state index contributed by atoms with van der Waals surface area (Å²) in [5.41, 5.74) is 1.31. The molecule has 4 nitrogen and oxygen atoms in total. The third-order valence-electron chi connectivity index (χ3n) is 4.31. The van der Waals surface area contributed by atoms with Gasteiger partial charge in [0.2, 0.25) is 0 Å². The molecule has 0 unspecified atom stereocenters. The van der Waals surface area contributed by atoms with E-state index < -0.39 is 6.09 Å². The number of rotatable bonds is 6. The van der Waals surface area contributed by atoms with E-state index in [9.17, 15) is 15.0 Å². The zero-order valence-electron chi connectivity index (χ0n) is 12.4. The number of carboxylic acid groups (broad SMARTS) is 1. The maximum Gasteiger partial charge on any atom is 0.407 e. The Hall–Kier alpha value is -1.55. The van der Waals surface area contributed by atoms with Crippen LogP contribution in [0.2, 0.25) is 0 Å². The Balaban J connectivity index is 1.74. The summed E-state index contributed by atoms with van der Waals surface area (Å²) in [6.07, 6.45) is 4.84. The molecule has 1 saturated carbocycles. The number of aryl methyl sites for hydroxylation is 1. The van der Waals surface area contributed by atoms with Crippen molar-refractivity contribution in [2.24, 2.45) is 0 Å². The van der Waals surface area contributed by atoms with E-state index in [4.69, 9.17) is 0 Å². The van der Waals surface area contributed by atoms with Crippen molar-refractivity contribution >= 4 is 6.09 Å². The van der Waals surface area contributed by atoms with Crippen LogP contribution in [-0.2, 0) is 6.42 Å². The summed E-state index contributed by atoms with van der Waals surface area (Å²) in [5.74, 6) is 0. The normalized spacial score (nSPS) is 22.0. The molecule has 1 amide bonds. The Morgan fingerprint density at radius 1 is 1.10 bits per heavy atom. The van der Waals surface area contributed by atoms with Gasteiger partial charge in [0.05, 0.1) is 6.10 Å². The lowest BCUT2D eigenvalue weighted by Gasteiger charge is -2.33. The molecule has 116 valence electrons.